The van der Waals surface area contributed by atoms with Crippen molar-refractivity contribution in [2.24, 2.45) is 0 Å². The topological polar surface area (TPSA) is 31.2 Å². The minimum Gasteiger partial charge on any atom is -0.456 e. The van der Waals surface area contributed by atoms with E-state index in [-0.39, 0.29) is 0 Å². The van der Waals surface area contributed by atoms with Gasteiger partial charge in [-0.2, -0.15) is 0 Å². The molecule has 9 rings (SSSR count). The number of hydrogen-bond donors (Lipinski definition) is 0. The molecule has 0 saturated heterocycles. The second-order valence-corrected chi connectivity index (χ2v) is 11.1. The summed E-state index contributed by atoms with van der Waals surface area (Å²) < 4.78 is 16.1. The van der Waals surface area contributed by atoms with Crippen LogP contribution in [-0.4, -0.2) is 4.57 Å². The summed E-state index contributed by atoms with van der Waals surface area (Å²) in [5.41, 5.74) is 9.30. The van der Waals surface area contributed by atoms with Crippen LogP contribution in [0.15, 0.2) is 135 Å². The lowest BCUT2D eigenvalue weighted by molar-refractivity contribution is 0.669. The molecule has 4 heteroatoms. The number of aromatic nitrogens is 1. The van der Waals surface area contributed by atoms with Gasteiger partial charge in [0.15, 0.2) is 0 Å². The molecule has 3 aromatic heterocycles. The maximum atomic E-state index is 6.55. The molecule has 0 saturated carbocycles. The van der Waals surface area contributed by atoms with Crippen molar-refractivity contribution >= 4 is 81.6 Å². The number of para-hydroxylation sites is 2. The highest BCUT2D eigenvalue weighted by molar-refractivity contribution is 9.10. The van der Waals surface area contributed by atoms with E-state index in [2.05, 4.69) is 118 Å². The molecule has 0 unspecified atom stereocenters. The van der Waals surface area contributed by atoms with E-state index in [1.54, 1.807) is 0 Å². The lowest BCUT2D eigenvalue weighted by Gasteiger charge is -2.08. The van der Waals surface area contributed by atoms with Gasteiger partial charge in [-0.3, -0.25) is 0 Å². The molecule has 3 heterocycles. The molecule has 0 aliphatic heterocycles. The Bertz CT molecular complexity index is 2440. The van der Waals surface area contributed by atoms with Crippen molar-refractivity contribution in [3.63, 3.8) is 0 Å². The summed E-state index contributed by atoms with van der Waals surface area (Å²) in [6.45, 7) is 0. The molecule has 0 aliphatic rings. The molecular weight excluding hydrogens is 558 g/mol. The van der Waals surface area contributed by atoms with Crippen LogP contribution in [0.2, 0.25) is 0 Å². The van der Waals surface area contributed by atoms with Crippen LogP contribution in [0.3, 0.4) is 0 Å². The fourth-order valence-corrected chi connectivity index (χ4v) is 6.85. The average molecular weight is 578 g/mol. The monoisotopic (exact) mass is 577 g/mol. The smallest absolute Gasteiger partial charge is 0.145 e. The van der Waals surface area contributed by atoms with E-state index in [0.717, 1.165) is 81.6 Å². The highest BCUT2D eigenvalue weighted by Crippen LogP contribution is 2.42. The summed E-state index contributed by atoms with van der Waals surface area (Å²) in [4.78, 5) is 0. The first kappa shape index (κ1) is 22.1. The van der Waals surface area contributed by atoms with E-state index in [4.69, 9.17) is 8.83 Å². The summed E-state index contributed by atoms with van der Waals surface area (Å²) in [5.74, 6) is 0. The van der Waals surface area contributed by atoms with Crippen molar-refractivity contribution in [2.75, 3.05) is 0 Å². The van der Waals surface area contributed by atoms with Crippen LogP contribution < -0.4 is 0 Å². The van der Waals surface area contributed by atoms with E-state index < -0.39 is 0 Å². The van der Waals surface area contributed by atoms with Gasteiger partial charge in [-0.05, 0) is 77.9 Å². The Hall–Kier alpha value is -4.80. The van der Waals surface area contributed by atoms with Crippen molar-refractivity contribution in [2.45, 2.75) is 0 Å². The minimum atomic E-state index is 0.884. The number of furan rings is 2. The molecule has 0 radical (unpaired) electrons. The first-order valence-electron chi connectivity index (χ1n) is 13.3. The Morgan fingerprint density at radius 2 is 1.20 bits per heavy atom. The number of benzene rings is 6. The first-order chi connectivity index (χ1) is 19.7. The van der Waals surface area contributed by atoms with Gasteiger partial charge in [0.05, 0.1) is 16.4 Å². The lowest BCUT2D eigenvalue weighted by Crippen LogP contribution is -1.92. The number of fused-ring (bicyclic) bond motifs is 10. The molecule has 188 valence electrons. The average Bonchev–Trinajstić information content (AvgIpc) is 3.66. The lowest BCUT2D eigenvalue weighted by atomic mass is 10.00. The molecule has 0 amide bonds. The first-order valence-corrected chi connectivity index (χ1v) is 14.1. The van der Waals surface area contributed by atoms with Gasteiger partial charge in [-0.25, -0.2) is 0 Å². The summed E-state index contributed by atoms with van der Waals surface area (Å²) in [7, 11) is 0. The Labute approximate surface area is 237 Å². The second kappa shape index (κ2) is 8.10. The zero-order chi connectivity index (χ0) is 26.4. The summed E-state index contributed by atoms with van der Waals surface area (Å²) in [6.07, 6.45) is 0. The molecule has 40 heavy (non-hydrogen) atoms. The van der Waals surface area contributed by atoms with Crippen LogP contribution in [0.5, 0.6) is 0 Å². The molecule has 9 aromatic rings. The van der Waals surface area contributed by atoms with Crippen molar-refractivity contribution in [1.82, 2.24) is 4.57 Å². The highest BCUT2D eigenvalue weighted by atomic mass is 79.9. The predicted octanol–water partition coefficient (Wildman–Crippen LogP) is 11.0. The number of rotatable bonds is 2. The van der Waals surface area contributed by atoms with E-state index in [1.807, 2.05) is 24.3 Å². The molecule has 0 atom stereocenters. The molecule has 0 spiro atoms. The Kier molecular flexibility index (Phi) is 4.47. The number of hydrogen-bond acceptors (Lipinski definition) is 2. The largest absolute Gasteiger partial charge is 0.456 e. The van der Waals surface area contributed by atoms with Crippen LogP contribution >= 0.6 is 15.9 Å². The van der Waals surface area contributed by atoms with Gasteiger partial charge in [-0.1, -0.05) is 70.5 Å². The molecule has 0 fully saturated rings. The highest BCUT2D eigenvalue weighted by Gasteiger charge is 2.19. The third kappa shape index (κ3) is 3.00. The van der Waals surface area contributed by atoms with Crippen molar-refractivity contribution < 1.29 is 8.83 Å². The van der Waals surface area contributed by atoms with Gasteiger partial charge < -0.3 is 13.4 Å². The Balaban J connectivity index is 1.38. The van der Waals surface area contributed by atoms with Crippen LogP contribution in [0, 0.1) is 0 Å². The van der Waals surface area contributed by atoms with Crippen LogP contribution in [-0.2, 0) is 0 Å². The predicted molar refractivity (Wildman–Crippen MR) is 168 cm³/mol. The van der Waals surface area contributed by atoms with Crippen LogP contribution in [0.1, 0.15) is 0 Å². The Morgan fingerprint density at radius 3 is 2.10 bits per heavy atom. The standard InChI is InChI=1S/C36H20BrNO2/c37-28-10-6-12-33-34(28)27-20-22(14-18-32(27)39-33)21-13-16-29-26(19-21)35-30(38(29)23-7-2-1-3-8-23)17-15-25-24-9-4-5-11-31(24)40-36(25)35/h1-20H. The maximum absolute atomic E-state index is 6.55. The summed E-state index contributed by atoms with van der Waals surface area (Å²) in [6, 6.07) is 42.6. The van der Waals surface area contributed by atoms with Gasteiger partial charge in [-0.15, -0.1) is 0 Å². The molecular formula is C36H20BrNO2. The fourth-order valence-electron chi connectivity index (χ4n) is 6.28. The summed E-state index contributed by atoms with van der Waals surface area (Å²) >= 11 is 3.73. The van der Waals surface area contributed by atoms with E-state index >= 15 is 0 Å². The van der Waals surface area contributed by atoms with E-state index in [9.17, 15) is 0 Å². The van der Waals surface area contributed by atoms with Crippen LogP contribution in [0.4, 0.5) is 0 Å². The number of nitrogens with zero attached hydrogens (tertiary/aromatic N) is 1. The fraction of sp³-hybridized carbons (Fsp3) is 0. The van der Waals surface area contributed by atoms with Gasteiger partial charge in [0.2, 0.25) is 0 Å². The molecule has 6 aromatic carbocycles. The molecule has 0 bridgehead atoms. The van der Waals surface area contributed by atoms with Gasteiger partial charge in [0, 0.05) is 37.1 Å². The SMILES string of the molecule is Brc1cccc2oc3ccc(-c4ccc5c(c4)c4c6oc7ccccc7c6ccc4n5-c4ccccc4)cc3c12. The second-order valence-electron chi connectivity index (χ2n) is 10.3. The van der Waals surface area contributed by atoms with E-state index in [1.165, 1.54) is 5.39 Å². The van der Waals surface area contributed by atoms with E-state index in [0.29, 0.717) is 0 Å². The third-order valence-corrected chi connectivity index (χ3v) is 8.73. The third-order valence-electron chi connectivity index (χ3n) is 8.06. The van der Waals surface area contributed by atoms with Crippen molar-refractivity contribution in [3.05, 3.63) is 126 Å². The van der Waals surface area contributed by atoms with Crippen molar-refractivity contribution in [1.29, 1.82) is 0 Å². The zero-order valence-electron chi connectivity index (χ0n) is 21.2. The van der Waals surface area contributed by atoms with Gasteiger partial charge in [0.1, 0.15) is 22.3 Å². The van der Waals surface area contributed by atoms with Gasteiger partial charge in [0.25, 0.3) is 0 Å². The number of halogens is 1. The zero-order valence-corrected chi connectivity index (χ0v) is 22.8. The Morgan fingerprint density at radius 1 is 0.475 bits per heavy atom. The quantitative estimate of drug-likeness (QED) is 0.204. The van der Waals surface area contributed by atoms with Gasteiger partial charge >= 0.3 is 0 Å². The normalized spacial score (nSPS) is 12.1. The van der Waals surface area contributed by atoms with Crippen LogP contribution in [0.25, 0.3) is 82.5 Å². The molecule has 0 aliphatic carbocycles. The minimum absolute atomic E-state index is 0.884. The van der Waals surface area contributed by atoms with Crippen molar-refractivity contribution in [3.8, 4) is 16.8 Å². The molecule has 3 nitrogen and oxygen atoms in total. The maximum Gasteiger partial charge on any atom is 0.145 e. The summed E-state index contributed by atoms with van der Waals surface area (Å²) in [5, 5.41) is 6.78. The molecule has 0 N–H and O–H groups in total.